The Labute approximate surface area is 103 Å². The van der Waals surface area contributed by atoms with E-state index in [-0.39, 0.29) is 0 Å². The molecule has 0 saturated heterocycles. The van der Waals surface area contributed by atoms with Crippen molar-refractivity contribution in [3.05, 3.63) is 47.3 Å². The molecule has 4 heteroatoms. The van der Waals surface area contributed by atoms with E-state index < -0.39 is 0 Å². The first-order chi connectivity index (χ1) is 8.34. The summed E-state index contributed by atoms with van der Waals surface area (Å²) >= 11 is 1.67. The number of anilines is 1. The number of thiophene rings is 1. The third kappa shape index (κ3) is 1.83. The molecule has 84 valence electrons. The normalized spacial score (nSPS) is 10.6. The minimum Gasteiger partial charge on any atom is -0.398 e. The quantitative estimate of drug-likeness (QED) is 0.676. The zero-order valence-corrected chi connectivity index (χ0v) is 9.87. The van der Waals surface area contributed by atoms with Crippen LogP contribution in [0.5, 0.6) is 0 Å². The first-order valence-electron chi connectivity index (χ1n) is 5.27. The van der Waals surface area contributed by atoms with E-state index in [9.17, 15) is 0 Å². The first-order valence-corrected chi connectivity index (χ1v) is 6.21. The lowest BCUT2D eigenvalue weighted by Gasteiger charge is -2.05. The second-order valence-electron chi connectivity index (χ2n) is 3.77. The van der Waals surface area contributed by atoms with Crippen molar-refractivity contribution >= 4 is 17.0 Å². The third-order valence-electron chi connectivity index (χ3n) is 2.68. The molecular formula is C13H11N3S. The molecule has 0 aliphatic heterocycles. The summed E-state index contributed by atoms with van der Waals surface area (Å²) in [6.45, 7) is 0. The van der Waals surface area contributed by atoms with Crippen LogP contribution in [0, 0.1) is 0 Å². The summed E-state index contributed by atoms with van der Waals surface area (Å²) in [4.78, 5) is 0. The summed E-state index contributed by atoms with van der Waals surface area (Å²) in [6.07, 6.45) is 1.80. The van der Waals surface area contributed by atoms with Gasteiger partial charge >= 0.3 is 0 Å². The fraction of sp³-hybridized carbons (Fsp3) is 0. The van der Waals surface area contributed by atoms with Crippen LogP contribution in [0.3, 0.4) is 0 Å². The highest BCUT2D eigenvalue weighted by molar-refractivity contribution is 7.08. The first kappa shape index (κ1) is 10.1. The van der Waals surface area contributed by atoms with Crippen LogP contribution in [0.4, 0.5) is 5.69 Å². The smallest absolute Gasteiger partial charge is 0.0921 e. The minimum atomic E-state index is 0.781. The lowest BCUT2D eigenvalue weighted by molar-refractivity contribution is 1.10. The fourth-order valence-corrected chi connectivity index (χ4v) is 2.48. The lowest BCUT2D eigenvalue weighted by Crippen LogP contribution is -1.90. The van der Waals surface area contributed by atoms with Gasteiger partial charge in [-0.25, -0.2) is 0 Å². The Bertz CT molecular complexity index is 612. The van der Waals surface area contributed by atoms with E-state index in [1.807, 2.05) is 24.3 Å². The molecule has 2 heterocycles. The van der Waals surface area contributed by atoms with Crippen molar-refractivity contribution in [2.75, 3.05) is 5.73 Å². The van der Waals surface area contributed by atoms with Gasteiger partial charge in [0.25, 0.3) is 0 Å². The SMILES string of the molecule is Nc1cc(-c2cc[nH]n2)ccc1-c1ccsc1. The third-order valence-corrected chi connectivity index (χ3v) is 3.36. The molecule has 3 aromatic rings. The topological polar surface area (TPSA) is 54.7 Å². The molecule has 2 aromatic heterocycles. The van der Waals surface area contributed by atoms with Crippen LogP contribution in [-0.2, 0) is 0 Å². The highest BCUT2D eigenvalue weighted by Crippen LogP contribution is 2.31. The Morgan fingerprint density at radius 1 is 1.12 bits per heavy atom. The molecule has 0 unspecified atom stereocenters. The largest absolute Gasteiger partial charge is 0.398 e. The molecule has 1 aromatic carbocycles. The van der Waals surface area contributed by atoms with Crippen molar-refractivity contribution in [2.24, 2.45) is 0 Å². The van der Waals surface area contributed by atoms with Gasteiger partial charge in [0.2, 0.25) is 0 Å². The number of nitrogens with one attached hydrogen (secondary N) is 1. The van der Waals surface area contributed by atoms with Crippen LogP contribution in [0.2, 0.25) is 0 Å². The molecule has 0 saturated carbocycles. The highest BCUT2D eigenvalue weighted by atomic mass is 32.1. The van der Waals surface area contributed by atoms with Crippen molar-refractivity contribution < 1.29 is 0 Å². The number of H-pyrrole nitrogens is 1. The van der Waals surface area contributed by atoms with Crippen molar-refractivity contribution in [3.63, 3.8) is 0 Å². The number of nitrogens with zero attached hydrogens (tertiary/aromatic N) is 1. The molecule has 3 N–H and O–H groups in total. The molecule has 0 amide bonds. The zero-order valence-electron chi connectivity index (χ0n) is 9.05. The molecule has 0 radical (unpaired) electrons. The number of nitrogens with two attached hydrogens (primary N) is 1. The standard InChI is InChI=1S/C13H11N3S/c14-12-7-9(13-3-5-15-16-13)1-2-11(12)10-4-6-17-8-10/h1-8H,14H2,(H,15,16). The number of aromatic nitrogens is 2. The number of hydrogen-bond donors (Lipinski definition) is 2. The Morgan fingerprint density at radius 3 is 2.71 bits per heavy atom. The molecule has 0 spiro atoms. The van der Waals surface area contributed by atoms with Gasteiger partial charge in [-0.15, -0.1) is 0 Å². The summed E-state index contributed by atoms with van der Waals surface area (Å²) in [6, 6.07) is 10.0. The number of hydrogen-bond acceptors (Lipinski definition) is 3. The lowest BCUT2D eigenvalue weighted by atomic mass is 10.0. The number of benzene rings is 1. The molecule has 17 heavy (non-hydrogen) atoms. The van der Waals surface area contributed by atoms with Crippen LogP contribution < -0.4 is 5.73 Å². The fourth-order valence-electron chi connectivity index (χ4n) is 1.82. The molecule has 0 fully saturated rings. The molecule has 0 aliphatic rings. The molecule has 0 aliphatic carbocycles. The van der Waals surface area contributed by atoms with Gasteiger partial charge in [0.15, 0.2) is 0 Å². The Hall–Kier alpha value is -2.07. The summed E-state index contributed by atoms with van der Waals surface area (Å²) in [7, 11) is 0. The van der Waals surface area contributed by atoms with Crippen molar-refractivity contribution in [2.45, 2.75) is 0 Å². The molecular weight excluding hydrogens is 230 g/mol. The molecule has 3 rings (SSSR count). The van der Waals surface area contributed by atoms with E-state index in [1.165, 1.54) is 5.56 Å². The Morgan fingerprint density at radius 2 is 2.06 bits per heavy atom. The number of aromatic amines is 1. The summed E-state index contributed by atoms with van der Waals surface area (Å²) in [5.41, 5.74) is 11.0. The van der Waals surface area contributed by atoms with Crippen LogP contribution in [-0.4, -0.2) is 10.2 Å². The number of nitrogen functional groups attached to an aromatic ring is 1. The second-order valence-corrected chi connectivity index (χ2v) is 4.55. The Kier molecular flexibility index (Phi) is 2.42. The summed E-state index contributed by atoms with van der Waals surface area (Å²) in [5, 5.41) is 11.1. The van der Waals surface area contributed by atoms with Gasteiger partial charge in [-0.2, -0.15) is 16.4 Å². The van der Waals surface area contributed by atoms with Gasteiger partial charge in [0, 0.05) is 23.0 Å². The van der Waals surface area contributed by atoms with E-state index in [1.54, 1.807) is 17.5 Å². The summed E-state index contributed by atoms with van der Waals surface area (Å²) in [5.74, 6) is 0. The maximum atomic E-state index is 6.09. The minimum absolute atomic E-state index is 0.781. The van der Waals surface area contributed by atoms with Gasteiger partial charge in [-0.05, 0) is 34.5 Å². The van der Waals surface area contributed by atoms with Crippen LogP contribution in [0.25, 0.3) is 22.4 Å². The van der Waals surface area contributed by atoms with Gasteiger partial charge in [-0.1, -0.05) is 12.1 Å². The van der Waals surface area contributed by atoms with E-state index >= 15 is 0 Å². The second kappa shape index (κ2) is 4.07. The van der Waals surface area contributed by atoms with E-state index in [4.69, 9.17) is 5.73 Å². The maximum absolute atomic E-state index is 6.09. The Balaban J connectivity index is 2.06. The van der Waals surface area contributed by atoms with Gasteiger partial charge in [0.1, 0.15) is 0 Å². The molecule has 0 bridgehead atoms. The van der Waals surface area contributed by atoms with Crippen molar-refractivity contribution in [3.8, 4) is 22.4 Å². The average molecular weight is 241 g/mol. The maximum Gasteiger partial charge on any atom is 0.0921 e. The van der Waals surface area contributed by atoms with Crippen LogP contribution in [0.15, 0.2) is 47.3 Å². The predicted molar refractivity (Wildman–Crippen MR) is 71.7 cm³/mol. The van der Waals surface area contributed by atoms with Gasteiger partial charge in [-0.3, -0.25) is 5.10 Å². The monoisotopic (exact) mass is 241 g/mol. The van der Waals surface area contributed by atoms with Gasteiger partial charge < -0.3 is 5.73 Å². The van der Waals surface area contributed by atoms with Crippen molar-refractivity contribution in [1.29, 1.82) is 0 Å². The van der Waals surface area contributed by atoms with Crippen molar-refractivity contribution in [1.82, 2.24) is 10.2 Å². The average Bonchev–Trinajstić information content (AvgIpc) is 3.02. The molecule has 3 nitrogen and oxygen atoms in total. The van der Waals surface area contributed by atoms with Crippen LogP contribution in [0.1, 0.15) is 0 Å². The highest BCUT2D eigenvalue weighted by Gasteiger charge is 2.06. The van der Waals surface area contributed by atoms with Crippen LogP contribution >= 0.6 is 11.3 Å². The zero-order chi connectivity index (χ0) is 11.7. The van der Waals surface area contributed by atoms with Gasteiger partial charge in [0.05, 0.1) is 5.69 Å². The summed E-state index contributed by atoms with van der Waals surface area (Å²) < 4.78 is 0. The molecule has 0 atom stereocenters. The number of rotatable bonds is 2. The van der Waals surface area contributed by atoms with E-state index in [0.29, 0.717) is 0 Å². The predicted octanol–water partition coefficient (Wildman–Crippen LogP) is 3.39. The van der Waals surface area contributed by atoms with E-state index in [2.05, 4.69) is 27.0 Å². The van der Waals surface area contributed by atoms with E-state index in [0.717, 1.165) is 22.5 Å².